The summed E-state index contributed by atoms with van der Waals surface area (Å²) in [4.78, 5) is 11.9. The van der Waals surface area contributed by atoms with E-state index in [9.17, 15) is 26.7 Å². The smallest absolute Gasteiger partial charge is 0.416 e. The number of esters is 1. The van der Waals surface area contributed by atoms with Crippen molar-refractivity contribution < 1.29 is 45.7 Å². The standard InChI is InChI=1S/C20H15F5O5/c1-2-27-18(26)16-15-11-5-4-10(8-13(11)29-17(15)16)28-12-6-3-9(20(23,24)25)7-14(12)30-19(21)22/h3-8,15-17,19H,2H2,1H3/t15-,16-,17-/m1/s1. The van der Waals surface area contributed by atoms with E-state index in [2.05, 4.69) is 4.74 Å². The van der Waals surface area contributed by atoms with Crippen molar-refractivity contribution in [2.24, 2.45) is 5.92 Å². The van der Waals surface area contributed by atoms with Crippen molar-refractivity contribution in [3.63, 3.8) is 0 Å². The van der Waals surface area contributed by atoms with E-state index < -0.39 is 24.1 Å². The van der Waals surface area contributed by atoms with Gasteiger partial charge >= 0.3 is 18.8 Å². The van der Waals surface area contributed by atoms with Gasteiger partial charge in [-0.1, -0.05) is 6.07 Å². The van der Waals surface area contributed by atoms with Crippen LogP contribution in [0.1, 0.15) is 24.0 Å². The van der Waals surface area contributed by atoms with Crippen molar-refractivity contribution in [1.82, 2.24) is 0 Å². The Hall–Kier alpha value is -3.04. The first-order chi connectivity index (χ1) is 14.2. The molecule has 1 saturated carbocycles. The summed E-state index contributed by atoms with van der Waals surface area (Å²) in [6, 6.07) is 6.71. The van der Waals surface area contributed by atoms with Crippen molar-refractivity contribution in [1.29, 1.82) is 0 Å². The van der Waals surface area contributed by atoms with Gasteiger partial charge < -0.3 is 18.9 Å². The van der Waals surface area contributed by atoms with E-state index in [1.165, 1.54) is 12.1 Å². The molecule has 1 fully saturated rings. The molecule has 30 heavy (non-hydrogen) atoms. The number of carbonyl (C=O) groups is 1. The summed E-state index contributed by atoms with van der Waals surface area (Å²) in [6.07, 6.45) is -5.06. The molecular formula is C20H15F5O5. The highest BCUT2D eigenvalue weighted by atomic mass is 19.4. The number of ether oxygens (including phenoxy) is 4. The van der Waals surface area contributed by atoms with Gasteiger partial charge in [-0.05, 0) is 31.2 Å². The van der Waals surface area contributed by atoms with Gasteiger partial charge in [-0.2, -0.15) is 22.0 Å². The van der Waals surface area contributed by atoms with E-state index in [-0.39, 0.29) is 42.0 Å². The zero-order valence-corrected chi connectivity index (χ0v) is 15.4. The van der Waals surface area contributed by atoms with Gasteiger partial charge in [0.1, 0.15) is 23.5 Å². The Morgan fingerprint density at radius 1 is 1.13 bits per heavy atom. The Kier molecular flexibility index (Phi) is 4.95. The normalized spacial score (nSPS) is 21.5. The van der Waals surface area contributed by atoms with Crippen LogP contribution < -0.4 is 14.2 Å². The molecule has 2 aromatic carbocycles. The number of rotatable bonds is 6. The number of carbonyl (C=O) groups excluding carboxylic acids is 1. The van der Waals surface area contributed by atoms with Gasteiger partial charge in [0.05, 0.1) is 12.2 Å². The Morgan fingerprint density at radius 3 is 2.57 bits per heavy atom. The summed E-state index contributed by atoms with van der Waals surface area (Å²) in [5.74, 6) is -1.28. The molecule has 1 heterocycles. The first-order valence-corrected chi connectivity index (χ1v) is 9.00. The second-order valence-corrected chi connectivity index (χ2v) is 6.73. The number of hydrogen-bond acceptors (Lipinski definition) is 5. The van der Waals surface area contributed by atoms with Gasteiger partial charge in [0.2, 0.25) is 0 Å². The predicted molar refractivity (Wildman–Crippen MR) is 91.9 cm³/mol. The fourth-order valence-corrected chi connectivity index (χ4v) is 3.51. The first kappa shape index (κ1) is 20.2. The molecule has 0 N–H and O–H groups in total. The van der Waals surface area contributed by atoms with Gasteiger partial charge in [-0.15, -0.1) is 0 Å². The predicted octanol–water partition coefficient (Wildman–Crippen LogP) is 5.14. The second kappa shape index (κ2) is 7.33. The van der Waals surface area contributed by atoms with Crippen LogP contribution in [0.3, 0.4) is 0 Å². The zero-order valence-electron chi connectivity index (χ0n) is 15.4. The van der Waals surface area contributed by atoms with Crippen molar-refractivity contribution in [3.05, 3.63) is 47.5 Å². The lowest BCUT2D eigenvalue weighted by Crippen LogP contribution is -2.13. The van der Waals surface area contributed by atoms with Crippen LogP contribution in [0.25, 0.3) is 0 Å². The van der Waals surface area contributed by atoms with Crippen LogP contribution in [-0.2, 0) is 15.7 Å². The van der Waals surface area contributed by atoms with Crippen LogP contribution in [0.4, 0.5) is 22.0 Å². The average molecular weight is 430 g/mol. The van der Waals surface area contributed by atoms with E-state index in [0.29, 0.717) is 17.9 Å². The highest BCUT2D eigenvalue weighted by molar-refractivity contribution is 5.80. The van der Waals surface area contributed by atoms with Crippen molar-refractivity contribution in [2.45, 2.75) is 31.7 Å². The minimum atomic E-state index is -4.73. The molecule has 160 valence electrons. The Balaban J connectivity index is 1.54. The van der Waals surface area contributed by atoms with Crippen LogP contribution in [0.5, 0.6) is 23.0 Å². The SMILES string of the molecule is CCOC(=O)[C@H]1[C@@H]2Oc3cc(Oc4ccc(C(F)(F)F)cc4OC(F)F)ccc3[C@@H]21. The van der Waals surface area contributed by atoms with Gasteiger partial charge in [0.15, 0.2) is 11.5 Å². The van der Waals surface area contributed by atoms with E-state index in [1.54, 1.807) is 13.0 Å². The average Bonchev–Trinajstić information content (AvgIpc) is 3.24. The maximum atomic E-state index is 12.9. The van der Waals surface area contributed by atoms with Crippen molar-refractivity contribution >= 4 is 5.97 Å². The lowest BCUT2D eigenvalue weighted by molar-refractivity contribution is -0.145. The Bertz CT molecular complexity index is 975. The van der Waals surface area contributed by atoms with Crippen molar-refractivity contribution in [2.75, 3.05) is 6.61 Å². The van der Waals surface area contributed by atoms with Gasteiger partial charge in [-0.25, -0.2) is 0 Å². The summed E-state index contributed by atoms with van der Waals surface area (Å²) in [5, 5.41) is 0. The molecule has 1 aliphatic carbocycles. The third-order valence-corrected chi connectivity index (χ3v) is 4.83. The zero-order chi connectivity index (χ0) is 21.6. The molecule has 0 bridgehead atoms. The molecule has 0 saturated heterocycles. The molecule has 4 rings (SSSR count). The minimum Gasteiger partial charge on any atom is -0.488 e. The molecule has 3 atom stereocenters. The van der Waals surface area contributed by atoms with Crippen LogP contribution >= 0.6 is 0 Å². The highest BCUT2D eigenvalue weighted by Crippen LogP contribution is 2.59. The minimum absolute atomic E-state index is 0.128. The van der Waals surface area contributed by atoms with Crippen LogP contribution in [0, 0.1) is 5.92 Å². The van der Waals surface area contributed by atoms with E-state index in [1.807, 2.05) is 0 Å². The summed E-state index contributed by atoms with van der Waals surface area (Å²) >= 11 is 0. The topological polar surface area (TPSA) is 54.0 Å². The van der Waals surface area contributed by atoms with Crippen molar-refractivity contribution in [3.8, 4) is 23.0 Å². The maximum Gasteiger partial charge on any atom is 0.416 e. The van der Waals surface area contributed by atoms with Gasteiger partial charge in [0.25, 0.3) is 0 Å². The van der Waals surface area contributed by atoms with E-state index in [4.69, 9.17) is 14.2 Å². The number of alkyl halides is 5. The Labute approximate surface area is 167 Å². The highest BCUT2D eigenvalue weighted by Gasteiger charge is 2.63. The molecule has 0 radical (unpaired) electrons. The third kappa shape index (κ3) is 3.73. The molecular weight excluding hydrogens is 415 g/mol. The largest absolute Gasteiger partial charge is 0.488 e. The molecule has 0 unspecified atom stereocenters. The molecule has 1 aliphatic heterocycles. The lowest BCUT2D eigenvalue weighted by Gasteiger charge is -2.15. The molecule has 2 aromatic rings. The monoisotopic (exact) mass is 430 g/mol. The second-order valence-electron chi connectivity index (χ2n) is 6.73. The first-order valence-electron chi connectivity index (χ1n) is 9.00. The van der Waals surface area contributed by atoms with Crippen LogP contribution in [0.2, 0.25) is 0 Å². The lowest BCUT2D eigenvalue weighted by atomic mass is 10.1. The van der Waals surface area contributed by atoms with E-state index >= 15 is 0 Å². The molecule has 5 nitrogen and oxygen atoms in total. The summed E-state index contributed by atoms with van der Waals surface area (Å²) in [6.45, 7) is -1.35. The van der Waals surface area contributed by atoms with Crippen LogP contribution in [0.15, 0.2) is 36.4 Å². The number of benzene rings is 2. The molecule has 10 heteroatoms. The van der Waals surface area contributed by atoms with Gasteiger partial charge in [-0.3, -0.25) is 4.79 Å². The number of fused-ring (bicyclic) bond motifs is 3. The fraction of sp³-hybridized carbons (Fsp3) is 0.350. The summed E-state index contributed by atoms with van der Waals surface area (Å²) < 4.78 is 84.2. The fourth-order valence-electron chi connectivity index (χ4n) is 3.51. The molecule has 0 spiro atoms. The van der Waals surface area contributed by atoms with Crippen LogP contribution in [-0.4, -0.2) is 25.3 Å². The molecule has 2 aliphatic rings. The molecule has 0 aromatic heterocycles. The maximum absolute atomic E-state index is 12.9. The summed E-state index contributed by atoms with van der Waals surface area (Å²) in [7, 11) is 0. The third-order valence-electron chi connectivity index (χ3n) is 4.83. The number of hydrogen-bond donors (Lipinski definition) is 0. The molecule has 0 amide bonds. The Morgan fingerprint density at radius 2 is 1.90 bits per heavy atom. The van der Waals surface area contributed by atoms with Gasteiger partial charge in [0, 0.05) is 17.5 Å². The van der Waals surface area contributed by atoms with E-state index in [0.717, 1.165) is 11.6 Å². The quantitative estimate of drug-likeness (QED) is 0.470. The number of halogens is 5. The summed E-state index contributed by atoms with van der Waals surface area (Å²) in [5.41, 5.74) is -0.366.